The minimum atomic E-state index is -0.120. The van der Waals surface area contributed by atoms with Crippen LogP contribution >= 0.6 is 23.4 Å². The fourth-order valence-corrected chi connectivity index (χ4v) is 4.00. The number of fused-ring (bicyclic) bond motifs is 1. The molecule has 1 unspecified atom stereocenters. The van der Waals surface area contributed by atoms with Crippen molar-refractivity contribution in [2.75, 3.05) is 24.7 Å². The number of benzene rings is 1. The lowest BCUT2D eigenvalue weighted by atomic mass is 9.96. The number of methoxy groups -OCH3 is 1. The molecule has 4 nitrogen and oxygen atoms in total. The summed E-state index contributed by atoms with van der Waals surface area (Å²) in [7, 11) is 1.71. The first kappa shape index (κ1) is 18.5. The van der Waals surface area contributed by atoms with Crippen molar-refractivity contribution >= 4 is 29.2 Å². The molecule has 0 bridgehead atoms. The van der Waals surface area contributed by atoms with Crippen LogP contribution in [0.4, 0.5) is 5.82 Å². The lowest BCUT2D eigenvalue weighted by molar-refractivity contribution is 0.114. The molecule has 1 aliphatic rings. The Labute approximate surface area is 158 Å². The van der Waals surface area contributed by atoms with Gasteiger partial charge in [0.25, 0.3) is 0 Å². The zero-order valence-corrected chi connectivity index (χ0v) is 16.3. The zero-order chi connectivity index (χ0) is 17.6. The maximum absolute atomic E-state index is 6.32. The van der Waals surface area contributed by atoms with Gasteiger partial charge in [0.15, 0.2) is 5.16 Å². The minimum absolute atomic E-state index is 0.120. The number of thioether (sulfide) groups is 1. The number of aromatic nitrogens is 2. The molecular formula is C19H24ClN3OS. The van der Waals surface area contributed by atoms with E-state index < -0.39 is 0 Å². The maximum Gasteiger partial charge on any atom is 0.189 e. The summed E-state index contributed by atoms with van der Waals surface area (Å²) < 4.78 is 5.67. The third kappa shape index (κ3) is 4.46. The molecule has 1 atom stereocenters. The third-order valence-electron chi connectivity index (χ3n) is 4.43. The Morgan fingerprint density at radius 3 is 2.80 bits per heavy atom. The van der Waals surface area contributed by atoms with Crippen LogP contribution in [0.1, 0.15) is 42.7 Å². The number of rotatable bonds is 7. The second-order valence-electron chi connectivity index (χ2n) is 6.05. The number of nitrogens with one attached hydrogen (secondary N) is 1. The van der Waals surface area contributed by atoms with Gasteiger partial charge in [-0.05, 0) is 37.5 Å². The van der Waals surface area contributed by atoms with E-state index in [1.165, 1.54) is 24.1 Å². The smallest absolute Gasteiger partial charge is 0.189 e. The Bertz CT molecular complexity index is 726. The van der Waals surface area contributed by atoms with E-state index in [0.29, 0.717) is 6.54 Å². The summed E-state index contributed by atoms with van der Waals surface area (Å²) in [5.74, 6) is 1.92. The molecule has 134 valence electrons. The Hall–Kier alpha value is -1.30. The zero-order valence-electron chi connectivity index (χ0n) is 14.7. The van der Waals surface area contributed by atoms with Gasteiger partial charge in [-0.3, -0.25) is 0 Å². The summed E-state index contributed by atoms with van der Waals surface area (Å²) in [5.41, 5.74) is 3.46. The van der Waals surface area contributed by atoms with E-state index in [4.69, 9.17) is 26.3 Å². The largest absolute Gasteiger partial charge is 0.375 e. The van der Waals surface area contributed by atoms with Gasteiger partial charge in [0.05, 0.1) is 5.69 Å². The average Bonchev–Trinajstić information content (AvgIpc) is 2.63. The molecule has 1 aromatic heterocycles. The minimum Gasteiger partial charge on any atom is -0.375 e. The standard InChI is InChI=1S/C19H24ClN3OS/c1-3-25-19-22-16-11-7-5-9-14(16)18(23-19)21-12-17(24-2)13-8-4-6-10-15(13)20/h4,6,8,10,17H,3,5,7,9,11-12H2,1-2H3,(H,21,22,23). The molecule has 0 saturated heterocycles. The summed E-state index contributed by atoms with van der Waals surface area (Å²) in [4.78, 5) is 9.49. The van der Waals surface area contributed by atoms with Gasteiger partial charge in [-0.15, -0.1) is 0 Å². The van der Waals surface area contributed by atoms with Crippen molar-refractivity contribution in [2.24, 2.45) is 0 Å². The molecule has 0 amide bonds. The molecule has 2 aromatic rings. The number of anilines is 1. The van der Waals surface area contributed by atoms with Crippen LogP contribution < -0.4 is 5.32 Å². The second-order valence-corrected chi connectivity index (χ2v) is 7.69. The summed E-state index contributed by atoms with van der Waals surface area (Å²) >= 11 is 8.01. The highest BCUT2D eigenvalue weighted by Crippen LogP contribution is 2.30. The number of ether oxygens (including phenoxy) is 1. The van der Waals surface area contributed by atoms with Crippen LogP contribution in [0, 0.1) is 0 Å². The van der Waals surface area contributed by atoms with Crippen LogP contribution in [-0.4, -0.2) is 29.4 Å². The molecule has 1 heterocycles. The molecule has 6 heteroatoms. The highest BCUT2D eigenvalue weighted by Gasteiger charge is 2.20. The van der Waals surface area contributed by atoms with E-state index >= 15 is 0 Å². The first-order chi connectivity index (χ1) is 12.2. The first-order valence-electron chi connectivity index (χ1n) is 8.76. The summed E-state index contributed by atoms with van der Waals surface area (Å²) in [6.07, 6.45) is 4.37. The van der Waals surface area contributed by atoms with E-state index in [1.807, 2.05) is 24.3 Å². The fraction of sp³-hybridized carbons (Fsp3) is 0.474. The Kier molecular flexibility index (Phi) is 6.57. The molecule has 0 radical (unpaired) electrons. The van der Waals surface area contributed by atoms with E-state index in [0.717, 1.165) is 40.2 Å². The van der Waals surface area contributed by atoms with Crippen molar-refractivity contribution < 1.29 is 4.74 Å². The topological polar surface area (TPSA) is 47.0 Å². The highest BCUT2D eigenvalue weighted by molar-refractivity contribution is 7.99. The molecule has 25 heavy (non-hydrogen) atoms. The molecule has 1 aliphatic carbocycles. The van der Waals surface area contributed by atoms with Crippen LogP contribution in [0.25, 0.3) is 0 Å². The quantitative estimate of drug-likeness (QED) is 0.548. The lowest BCUT2D eigenvalue weighted by Crippen LogP contribution is -2.19. The Morgan fingerprint density at radius 2 is 2.04 bits per heavy atom. The van der Waals surface area contributed by atoms with Crippen LogP contribution in [0.15, 0.2) is 29.4 Å². The van der Waals surface area contributed by atoms with Crippen molar-refractivity contribution in [1.82, 2.24) is 9.97 Å². The van der Waals surface area contributed by atoms with Gasteiger partial charge < -0.3 is 10.1 Å². The van der Waals surface area contributed by atoms with Crippen molar-refractivity contribution in [2.45, 2.75) is 43.9 Å². The van der Waals surface area contributed by atoms with Gasteiger partial charge in [0, 0.05) is 29.8 Å². The number of hydrogen-bond acceptors (Lipinski definition) is 5. The first-order valence-corrected chi connectivity index (χ1v) is 10.1. The van der Waals surface area contributed by atoms with Crippen molar-refractivity contribution in [3.63, 3.8) is 0 Å². The van der Waals surface area contributed by atoms with E-state index in [2.05, 4.69) is 12.2 Å². The van der Waals surface area contributed by atoms with Crippen molar-refractivity contribution in [3.8, 4) is 0 Å². The van der Waals surface area contributed by atoms with Crippen molar-refractivity contribution in [1.29, 1.82) is 0 Å². The number of nitrogens with zero attached hydrogens (tertiary/aromatic N) is 2. The highest BCUT2D eigenvalue weighted by atomic mass is 35.5. The summed E-state index contributed by atoms with van der Waals surface area (Å²) in [6, 6.07) is 7.81. The summed E-state index contributed by atoms with van der Waals surface area (Å²) in [6.45, 7) is 2.75. The number of halogens is 1. The molecule has 1 N–H and O–H groups in total. The predicted molar refractivity (Wildman–Crippen MR) is 105 cm³/mol. The molecule has 0 saturated carbocycles. The number of hydrogen-bond donors (Lipinski definition) is 1. The maximum atomic E-state index is 6.32. The van der Waals surface area contributed by atoms with E-state index in [-0.39, 0.29) is 6.10 Å². The molecule has 0 spiro atoms. The third-order valence-corrected chi connectivity index (χ3v) is 5.50. The summed E-state index contributed by atoms with van der Waals surface area (Å²) in [5, 5.41) is 5.08. The monoisotopic (exact) mass is 377 g/mol. The van der Waals surface area contributed by atoms with Crippen molar-refractivity contribution in [3.05, 3.63) is 46.1 Å². The van der Waals surface area contributed by atoms with Gasteiger partial charge in [-0.1, -0.05) is 48.5 Å². The van der Waals surface area contributed by atoms with Crippen LogP contribution in [0.2, 0.25) is 5.02 Å². The lowest BCUT2D eigenvalue weighted by Gasteiger charge is -2.22. The molecule has 1 aromatic carbocycles. The predicted octanol–water partition coefficient (Wildman–Crippen LogP) is 4.92. The van der Waals surface area contributed by atoms with Gasteiger partial charge in [0.2, 0.25) is 0 Å². The van der Waals surface area contributed by atoms with Crippen LogP contribution in [-0.2, 0) is 17.6 Å². The normalized spacial score (nSPS) is 14.8. The molecule has 0 fully saturated rings. The molecular weight excluding hydrogens is 354 g/mol. The number of aryl methyl sites for hydroxylation is 1. The van der Waals surface area contributed by atoms with E-state index in [9.17, 15) is 0 Å². The van der Waals surface area contributed by atoms with Gasteiger partial charge in [0.1, 0.15) is 11.9 Å². The van der Waals surface area contributed by atoms with Gasteiger partial charge in [-0.25, -0.2) is 9.97 Å². The van der Waals surface area contributed by atoms with Crippen LogP contribution in [0.5, 0.6) is 0 Å². The molecule has 3 rings (SSSR count). The average molecular weight is 378 g/mol. The fourth-order valence-electron chi connectivity index (χ4n) is 3.16. The van der Waals surface area contributed by atoms with E-state index in [1.54, 1.807) is 18.9 Å². The SMILES string of the molecule is CCSc1nc2c(c(NCC(OC)c3ccccc3Cl)n1)CCCC2. The Balaban J connectivity index is 1.81. The van der Waals surface area contributed by atoms with Gasteiger partial charge in [-0.2, -0.15) is 0 Å². The van der Waals surface area contributed by atoms with Crippen LogP contribution in [0.3, 0.4) is 0 Å². The Morgan fingerprint density at radius 1 is 1.24 bits per heavy atom. The second kappa shape index (κ2) is 8.88. The molecule has 0 aliphatic heterocycles. The van der Waals surface area contributed by atoms with Gasteiger partial charge >= 0.3 is 0 Å².